The number of primary amides is 1. The zero-order valence-corrected chi connectivity index (χ0v) is 10.3. The van der Waals surface area contributed by atoms with Crippen LogP contribution in [0.2, 0.25) is 0 Å². The predicted molar refractivity (Wildman–Crippen MR) is 68.9 cm³/mol. The molecule has 1 unspecified atom stereocenters. The maximum absolute atomic E-state index is 11.0. The van der Waals surface area contributed by atoms with Crippen LogP contribution in [-0.2, 0) is 4.79 Å². The third-order valence-corrected chi connectivity index (χ3v) is 3.41. The molecule has 1 heterocycles. The van der Waals surface area contributed by atoms with Gasteiger partial charge < -0.3 is 16.0 Å². The van der Waals surface area contributed by atoms with Crippen molar-refractivity contribution in [2.45, 2.75) is 11.2 Å². The molecule has 0 aliphatic carbocycles. The molecule has 2 rings (SSSR count). The standard InChI is InChI=1S/C11H14N4OS/c1-13-9(10(12)16)6-17-11-14-7-4-2-3-5-8(7)15-11/h2-5,9,13H,6H2,1H3,(H2,12,16)(H,14,15). The van der Waals surface area contributed by atoms with Gasteiger partial charge in [0.1, 0.15) is 0 Å². The summed E-state index contributed by atoms with van der Waals surface area (Å²) < 4.78 is 0. The van der Waals surface area contributed by atoms with Gasteiger partial charge in [-0.15, -0.1) is 0 Å². The van der Waals surface area contributed by atoms with Crippen molar-refractivity contribution in [3.8, 4) is 0 Å². The number of nitrogens with one attached hydrogen (secondary N) is 2. The Morgan fingerprint density at radius 3 is 3.00 bits per heavy atom. The molecule has 0 fully saturated rings. The van der Waals surface area contributed by atoms with Crippen molar-refractivity contribution >= 4 is 28.7 Å². The summed E-state index contributed by atoms with van der Waals surface area (Å²) in [6.07, 6.45) is 0. The van der Waals surface area contributed by atoms with Crippen LogP contribution < -0.4 is 11.1 Å². The van der Waals surface area contributed by atoms with E-state index in [-0.39, 0.29) is 11.9 Å². The van der Waals surface area contributed by atoms with Gasteiger partial charge in [0.2, 0.25) is 5.91 Å². The summed E-state index contributed by atoms with van der Waals surface area (Å²) in [5.41, 5.74) is 7.16. The van der Waals surface area contributed by atoms with Gasteiger partial charge >= 0.3 is 0 Å². The summed E-state index contributed by atoms with van der Waals surface area (Å²) in [5, 5.41) is 3.67. The number of carbonyl (C=O) groups is 1. The Morgan fingerprint density at radius 1 is 1.59 bits per heavy atom. The normalized spacial score (nSPS) is 12.8. The van der Waals surface area contributed by atoms with Crippen LogP contribution >= 0.6 is 11.8 Å². The van der Waals surface area contributed by atoms with E-state index in [4.69, 9.17) is 5.73 Å². The zero-order valence-electron chi connectivity index (χ0n) is 9.43. The molecule has 0 saturated heterocycles. The number of aromatic amines is 1. The largest absolute Gasteiger partial charge is 0.368 e. The molecule has 0 spiro atoms. The predicted octanol–water partition coefficient (Wildman–Crippen LogP) is 0.728. The first-order valence-corrected chi connectivity index (χ1v) is 6.23. The number of benzene rings is 1. The van der Waals surface area contributed by atoms with E-state index in [2.05, 4.69) is 15.3 Å². The lowest BCUT2D eigenvalue weighted by atomic mass is 10.3. The number of thioether (sulfide) groups is 1. The first kappa shape index (κ1) is 11.9. The SMILES string of the molecule is CNC(CSc1nc2ccccc2[nH]1)C(N)=O. The average molecular weight is 250 g/mol. The number of H-pyrrole nitrogens is 1. The molecule has 6 heteroatoms. The molecule has 1 amide bonds. The lowest BCUT2D eigenvalue weighted by Gasteiger charge is -2.09. The third-order valence-electron chi connectivity index (χ3n) is 2.45. The minimum Gasteiger partial charge on any atom is -0.368 e. The van der Waals surface area contributed by atoms with Gasteiger partial charge in [-0.25, -0.2) is 4.98 Å². The Morgan fingerprint density at radius 2 is 2.35 bits per heavy atom. The molecule has 1 aromatic heterocycles. The Hall–Kier alpha value is -1.53. The number of hydrogen-bond acceptors (Lipinski definition) is 4. The number of likely N-dealkylation sites (N-methyl/N-ethyl adjacent to an activating group) is 1. The molecule has 90 valence electrons. The van der Waals surface area contributed by atoms with Gasteiger partial charge in [-0.05, 0) is 19.2 Å². The first-order chi connectivity index (χ1) is 8.20. The second kappa shape index (κ2) is 5.20. The fourth-order valence-corrected chi connectivity index (χ4v) is 2.47. The van der Waals surface area contributed by atoms with Crippen molar-refractivity contribution in [2.75, 3.05) is 12.8 Å². The topological polar surface area (TPSA) is 83.8 Å². The quantitative estimate of drug-likeness (QED) is 0.683. The Bertz CT molecular complexity index is 492. The van der Waals surface area contributed by atoms with Crippen molar-refractivity contribution in [2.24, 2.45) is 5.73 Å². The van der Waals surface area contributed by atoms with Gasteiger partial charge in [-0.1, -0.05) is 23.9 Å². The lowest BCUT2D eigenvalue weighted by molar-refractivity contribution is -0.119. The maximum atomic E-state index is 11.0. The van der Waals surface area contributed by atoms with Crippen LogP contribution in [0, 0.1) is 0 Å². The first-order valence-electron chi connectivity index (χ1n) is 5.25. The Balaban J connectivity index is 2.06. The Kier molecular flexibility index (Phi) is 3.65. The summed E-state index contributed by atoms with van der Waals surface area (Å²) in [4.78, 5) is 18.6. The van der Waals surface area contributed by atoms with E-state index in [1.165, 1.54) is 11.8 Å². The van der Waals surface area contributed by atoms with Gasteiger partial charge in [-0.2, -0.15) is 0 Å². The van der Waals surface area contributed by atoms with E-state index in [0.29, 0.717) is 5.75 Å². The summed E-state index contributed by atoms with van der Waals surface area (Å²) >= 11 is 1.48. The van der Waals surface area contributed by atoms with Crippen molar-refractivity contribution in [1.82, 2.24) is 15.3 Å². The number of amides is 1. The van der Waals surface area contributed by atoms with Gasteiger partial charge in [0.05, 0.1) is 17.1 Å². The molecule has 0 radical (unpaired) electrons. The van der Waals surface area contributed by atoms with Gasteiger partial charge in [0.25, 0.3) is 0 Å². The number of nitrogens with two attached hydrogens (primary N) is 1. The summed E-state index contributed by atoms with van der Waals surface area (Å²) in [6, 6.07) is 7.47. The summed E-state index contributed by atoms with van der Waals surface area (Å²) in [5.74, 6) is 0.210. The minimum atomic E-state index is -0.351. The fourth-order valence-electron chi connectivity index (χ4n) is 1.47. The van der Waals surface area contributed by atoms with E-state index in [1.54, 1.807) is 7.05 Å². The van der Waals surface area contributed by atoms with Crippen molar-refractivity contribution in [1.29, 1.82) is 0 Å². The van der Waals surface area contributed by atoms with E-state index in [9.17, 15) is 4.79 Å². The lowest BCUT2D eigenvalue weighted by Crippen LogP contribution is -2.41. The van der Waals surface area contributed by atoms with Crippen molar-refractivity contribution in [3.05, 3.63) is 24.3 Å². The number of para-hydroxylation sites is 2. The summed E-state index contributed by atoms with van der Waals surface area (Å²) in [6.45, 7) is 0. The van der Waals surface area contributed by atoms with Crippen molar-refractivity contribution in [3.63, 3.8) is 0 Å². The molecule has 17 heavy (non-hydrogen) atoms. The van der Waals surface area contributed by atoms with Crippen LogP contribution in [0.4, 0.5) is 0 Å². The van der Waals surface area contributed by atoms with Gasteiger partial charge in [0.15, 0.2) is 5.16 Å². The molecular formula is C11H14N4OS. The Labute approximate surface area is 103 Å². The highest BCUT2D eigenvalue weighted by atomic mass is 32.2. The molecule has 1 aromatic carbocycles. The zero-order chi connectivity index (χ0) is 12.3. The highest BCUT2D eigenvalue weighted by molar-refractivity contribution is 7.99. The van der Waals surface area contributed by atoms with Crippen LogP contribution in [0.15, 0.2) is 29.4 Å². The number of aromatic nitrogens is 2. The molecule has 0 saturated carbocycles. The molecule has 4 N–H and O–H groups in total. The number of hydrogen-bond donors (Lipinski definition) is 3. The number of nitrogens with zero attached hydrogens (tertiary/aromatic N) is 1. The van der Waals surface area contributed by atoms with Crippen LogP contribution in [0.5, 0.6) is 0 Å². The smallest absolute Gasteiger partial charge is 0.235 e. The number of fused-ring (bicyclic) bond motifs is 1. The molecule has 0 aliphatic heterocycles. The third kappa shape index (κ3) is 2.78. The number of rotatable bonds is 5. The highest BCUT2D eigenvalue weighted by Gasteiger charge is 2.13. The van der Waals surface area contributed by atoms with E-state index >= 15 is 0 Å². The van der Waals surface area contributed by atoms with Gasteiger partial charge in [0, 0.05) is 5.75 Å². The van der Waals surface area contributed by atoms with Crippen LogP contribution in [0.3, 0.4) is 0 Å². The molecule has 1 atom stereocenters. The van der Waals surface area contributed by atoms with Crippen molar-refractivity contribution < 1.29 is 4.79 Å². The minimum absolute atomic E-state index is 0.340. The highest BCUT2D eigenvalue weighted by Crippen LogP contribution is 2.19. The second-order valence-corrected chi connectivity index (χ2v) is 4.62. The van der Waals surface area contributed by atoms with E-state index in [1.807, 2.05) is 24.3 Å². The second-order valence-electron chi connectivity index (χ2n) is 3.61. The van der Waals surface area contributed by atoms with Crippen LogP contribution in [-0.4, -0.2) is 34.7 Å². The van der Waals surface area contributed by atoms with Gasteiger partial charge in [-0.3, -0.25) is 4.79 Å². The fraction of sp³-hybridized carbons (Fsp3) is 0.273. The molecular weight excluding hydrogens is 236 g/mol. The number of carbonyl (C=O) groups excluding carboxylic acids is 1. The molecule has 0 aliphatic rings. The average Bonchev–Trinajstić information content (AvgIpc) is 2.71. The molecule has 5 nitrogen and oxygen atoms in total. The summed E-state index contributed by atoms with van der Waals surface area (Å²) in [7, 11) is 1.72. The van der Waals surface area contributed by atoms with Crippen LogP contribution in [0.1, 0.15) is 0 Å². The van der Waals surface area contributed by atoms with E-state index < -0.39 is 0 Å². The van der Waals surface area contributed by atoms with E-state index in [0.717, 1.165) is 16.2 Å². The van der Waals surface area contributed by atoms with Crippen LogP contribution in [0.25, 0.3) is 11.0 Å². The molecule has 2 aromatic rings. The number of imidazole rings is 1. The molecule has 0 bridgehead atoms. The maximum Gasteiger partial charge on any atom is 0.235 e. The monoisotopic (exact) mass is 250 g/mol.